The van der Waals surface area contributed by atoms with Gasteiger partial charge in [0.05, 0.1) is 13.2 Å². The van der Waals surface area contributed by atoms with E-state index in [1.807, 2.05) is 19.9 Å². The monoisotopic (exact) mass is 366 g/mol. The van der Waals surface area contributed by atoms with Crippen molar-refractivity contribution in [2.75, 3.05) is 26.4 Å². The van der Waals surface area contributed by atoms with E-state index in [4.69, 9.17) is 23.7 Å². The maximum absolute atomic E-state index is 12.0. The summed E-state index contributed by atoms with van der Waals surface area (Å²) in [7, 11) is 0. The molecule has 6 heteroatoms. The van der Waals surface area contributed by atoms with Gasteiger partial charge in [-0.1, -0.05) is 12.0 Å². The summed E-state index contributed by atoms with van der Waals surface area (Å²) in [5.41, 5.74) is 0. The van der Waals surface area contributed by atoms with Crippen LogP contribution in [0, 0.1) is 17.8 Å². The third-order valence-electron chi connectivity index (χ3n) is 4.36. The number of carbonyl (C=O) groups is 1. The van der Waals surface area contributed by atoms with E-state index in [0.717, 1.165) is 25.7 Å². The van der Waals surface area contributed by atoms with Gasteiger partial charge in [0.1, 0.15) is 0 Å². The molecule has 1 saturated heterocycles. The fraction of sp³-hybridized carbons (Fsp3) is 0.750. The van der Waals surface area contributed by atoms with Crippen LogP contribution < -0.4 is 0 Å². The maximum Gasteiger partial charge on any atom is 0.331 e. The molecule has 2 fully saturated rings. The standard InChI is InChI=1S/C20H30O6/c1-4-22-19(23-5-2)11-8-16(3)26-18(21)10-9-17-7-6-12-20(15-17)24-13-14-25-20/h9-10,16-17,19H,4-7,12-15H2,1-3H3/b10-9+/t16-,17?/m1/s1. The van der Waals surface area contributed by atoms with Crippen LogP contribution in [0.5, 0.6) is 0 Å². The Morgan fingerprint density at radius 2 is 1.92 bits per heavy atom. The molecule has 146 valence electrons. The van der Waals surface area contributed by atoms with Crippen LogP contribution in [0.1, 0.15) is 46.5 Å². The topological polar surface area (TPSA) is 63.2 Å². The first-order valence-corrected chi connectivity index (χ1v) is 9.48. The van der Waals surface area contributed by atoms with Crippen LogP contribution in [-0.2, 0) is 28.5 Å². The first-order valence-electron chi connectivity index (χ1n) is 9.48. The van der Waals surface area contributed by atoms with Crippen molar-refractivity contribution in [2.45, 2.75) is 64.6 Å². The van der Waals surface area contributed by atoms with E-state index >= 15 is 0 Å². The molecular formula is C20H30O6. The SMILES string of the molecule is CCOC(C#C[C@@H](C)OC(=O)/C=C/C1CCCC2(C1)OCCO2)OCC. The van der Waals surface area contributed by atoms with Crippen LogP contribution in [0.15, 0.2) is 12.2 Å². The van der Waals surface area contributed by atoms with Crippen molar-refractivity contribution < 1.29 is 28.5 Å². The lowest BCUT2D eigenvalue weighted by Crippen LogP contribution is -2.35. The number of hydrogen-bond donors (Lipinski definition) is 0. The molecule has 2 rings (SSSR count). The Labute approximate surface area is 156 Å². The van der Waals surface area contributed by atoms with Crippen LogP contribution >= 0.6 is 0 Å². The largest absolute Gasteiger partial charge is 0.446 e. The molecule has 1 saturated carbocycles. The Hall–Kier alpha value is -1.39. The predicted octanol–water partition coefficient (Wildman–Crippen LogP) is 2.81. The van der Waals surface area contributed by atoms with Gasteiger partial charge >= 0.3 is 5.97 Å². The van der Waals surface area contributed by atoms with E-state index in [9.17, 15) is 4.79 Å². The van der Waals surface area contributed by atoms with E-state index < -0.39 is 24.2 Å². The minimum absolute atomic E-state index is 0.260. The van der Waals surface area contributed by atoms with Gasteiger partial charge in [0.15, 0.2) is 11.9 Å². The smallest absolute Gasteiger partial charge is 0.331 e. The lowest BCUT2D eigenvalue weighted by Gasteiger charge is -2.35. The fourth-order valence-electron chi connectivity index (χ4n) is 3.24. The minimum atomic E-state index is -0.591. The molecule has 0 amide bonds. The van der Waals surface area contributed by atoms with Gasteiger partial charge in [-0.2, -0.15) is 0 Å². The number of carbonyl (C=O) groups excluding carboxylic acids is 1. The summed E-state index contributed by atoms with van der Waals surface area (Å²) in [6.07, 6.45) is 6.03. The van der Waals surface area contributed by atoms with Crippen LogP contribution in [0.3, 0.4) is 0 Å². The molecule has 2 atom stereocenters. The lowest BCUT2D eigenvalue weighted by atomic mass is 9.84. The van der Waals surface area contributed by atoms with Gasteiger partial charge in [-0.3, -0.25) is 0 Å². The number of ether oxygens (including phenoxy) is 5. The van der Waals surface area contributed by atoms with E-state index in [-0.39, 0.29) is 5.92 Å². The van der Waals surface area contributed by atoms with Crippen molar-refractivity contribution in [1.82, 2.24) is 0 Å². The highest BCUT2D eigenvalue weighted by Crippen LogP contribution is 2.39. The molecule has 0 aromatic rings. The number of allylic oxidation sites excluding steroid dienone is 1. The Bertz CT molecular complexity index is 520. The van der Waals surface area contributed by atoms with Crippen LogP contribution in [0.4, 0.5) is 0 Å². The van der Waals surface area contributed by atoms with Gasteiger partial charge in [0, 0.05) is 32.1 Å². The van der Waals surface area contributed by atoms with Crippen molar-refractivity contribution in [3.8, 4) is 11.8 Å². The van der Waals surface area contributed by atoms with Crippen molar-refractivity contribution in [3.05, 3.63) is 12.2 Å². The zero-order valence-electron chi connectivity index (χ0n) is 16.0. The number of rotatable bonds is 7. The first kappa shape index (κ1) is 20.9. The Balaban J connectivity index is 1.79. The van der Waals surface area contributed by atoms with Gasteiger partial charge < -0.3 is 23.7 Å². The summed E-state index contributed by atoms with van der Waals surface area (Å²) in [5.74, 6) is 5.10. The van der Waals surface area contributed by atoms with Crippen LogP contribution in [-0.4, -0.2) is 50.6 Å². The molecule has 1 unspecified atom stereocenters. The van der Waals surface area contributed by atoms with Crippen molar-refractivity contribution in [3.63, 3.8) is 0 Å². The highest BCUT2D eigenvalue weighted by Gasteiger charge is 2.40. The van der Waals surface area contributed by atoms with Crippen molar-refractivity contribution in [1.29, 1.82) is 0 Å². The predicted molar refractivity (Wildman–Crippen MR) is 96.1 cm³/mol. The molecule has 0 bridgehead atoms. The number of hydrogen-bond acceptors (Lipinski definition) is 6. The molecular weight excluding hydrogens is 336 g/mol. The zero-order chi connectivity index (χ0) is 18.8. The molecule has 1 heterocycles. The van der Waals surface area contributed by atoms with Crippen molar-refractivity contribution >= 4 is 5.97 Å². The normalized spacial score (nSPS) is 23.2. The molecule has 2 aliphatic rings. The molecule has 26 heavy (non-hydrogen) atoms. The average Bonchev–Trinajstić information content (AvgIpc) is 3.06. The van der Waals surface area contributed by atoms with Gasteiger partial charge in [-0.15, -0.1) is 0 Å². The summed E-state index contributed by atoms with van der Waals surface area (Å²) < 4.78 is 27.5. The van der Waals surface area contributed by atoms with Crippen LogP contribution in [0.25, 0.3) is 0 Å². The minimum Gasteiger partial charge on any atom is -0.446 e. The average molecular weight is 366 g/mol. The van der Waals surface area contributed by atoms with E-state index in [1.165, 1.54) is 6.08 Å². The fourth-order valence-corrected chi connectivity index (χ4v) is 3.24. The molecule has 1 spiro atoms. The molecule has 1 aliphatic heterocycles. The Kier molecular flexibility index (Phi) is 8.60. The van der Waals surface area contributed by atoms with Crippen LogP contribution in [0.2, 0.25) is 0 Å². The van der Waals surface area contributed by atoms with E-state index in [2.05, 4.69) is 11.8 Å². The van der Waals surface area contributed by atoms with Crippen molar-refractivity contribution in [2.24, 2.45) is 5.92 Å². The second-order valence-electron chi connectivity index (χ2n) is 6.43. The number of esters is 1. The summed E-state index contributed by atoms with van der Waals surface area (Å²) in [6.45, 7) is 7.79. The zero-order valence-corrected chi connectivity index (χ0v) is 16.0. The molecule has 0 aromatic carbocycles. The Morgan fingerprint density at radius 1 is 1.23 bits per heavy atom. The summed E-state index contributed by atoms with van der Waals surface area (Å²) in [6, 6.07) is 0. The molecule has 0 aromatic heterocycles. The molecule has 1 aliphatic carbocycles. The highest BCUT2D eigenvalue weighted by atomic mass is 16.7. The van der Waals surface area contributed by atoms with Gasteiger partial charge in [-0.05, 0) is 45.5 Å². The third kappa shape index (κ3) is 6.73. The maximum atomic E-state index is 12.0. The molecule has 0 N–H and O–H groups in total. The first-order chi connectivity index (χ1) is 12.6. The van der Waals surface area contributed by atoms with Gasteiger partial charge in [0.2, 0.25) is 6.29 Å². The molecule has 0 radical (unpaired) electrons. The second-order valence-corrected chi connectivity index (χ2v) is 6.43. The third-order valence-corrected chi connectivity index (χ3v) is 4.36. The highest BCUT2D eigenvalue weighted by molar-refractivity contribution is 5.82. The molecule has 6 nitrogen and oxygen atoms in total. The van der Waals surface area contributed by atoms with Gasteiger partial charge in [-0.25, -0.2) is 4.79 Å². The second kappa shape index (κ2) is 10.7. The van der Waals surface area contributed by atoms with E-state index in [0.29, 0.717) is 26.4 Å². The quantitative estimate of drug-likeness (QED) is 0.299. The summed E-state index contributed by atoms with van der Waals surface area (Å²) >= 11 is 0. The van der Waals surface area contributed by atoms with E-state index in [1.54, 1.807) is 6.92 Å². The summed E-state index contributed by atoms with van der Waals surface area (Å²) in [4.78, 5) is 12.0. The Morgan fingerprint density at radius 3 is 2.58 bits per heavy atom. The van der Waals surface area contributed by atoms with Gasteiger partial charge in [0.25, 0.3) is 0 Å². The summed E-state index contributed by atoms with van der Waals surface area (Å²) in [5, 5.41) is 0. The lowest BCUT2D eigenvalue weighted by molar-refractivity contribution is -0.183.